The highest BCUT2D eigenvalue weighted by Crippen LogP contribution is 2.29. The molecular weight excluding hydrogens is 424 g/mol. The molecule has 0 saturated heterocycles. The Balaban J connectivity index is 0.00000208. The lowest BCUT2D eigenvalue weighted by atomic mass is 9.96. The van der Waals surface area contributed by atoms with Crippen molar-refractivity contribution in [2.75, 3.05) is 13.3 Å². The largest absolute Gasteiger partial charge is 0.467 e. The number of hydrogen-bond acceptors (Lipinski definition) is 3. The molecule has 24 heavy (non-hydrogen) atoms. The topological polar surface area (TPSA) is 68.9 Å². The van der Waals surface area contributed by atoms with Gasteiger partial charge < -0.3 is 20.5 Å². The lowest BCUT2D eigenvalue weighted by molar-refractivity contribution is -0.0172. The number of rotatable bonds is 4. The molecule has 1 aromatic carbocycles. The molecule has 2 aliphatic rings. The highest BCUT2D eigenvalue weighted by Gasteiger charge is 2.17. The second kappa shape index (κ2) is 9.41. The summed E-state index contributed by atoms with van der Waals surface area (Å²) < 4.78 is 24.4. The summed E-state index contributed by atoms with van der Waals surface area (Å²) in [5, 5.41) is 3.28. The highest BCUT2D eigenvalue weighted by atomic mass is 127. The van der Waals surface area contributed by atoms with E-state index < -0.39 is 0 Å². The molecule has 1 aliphatic heterocycles. The average molecular weight is 449 g/mol. The number of ether oxygens (including phenoxy) is 2. The minimum absolute atomic E-state index is 0. The molecule has 3 rings (SSSR count). The number of benzene rings is 1. The van der Waals surface area contributed by atoms with Crippen LogP contribution in [-0.2, 0) is 17.8 Å². The van der Waals surface area contributed by atoms with Crippen LogP contribution < -0.4 is 15.8 Å². The molecule has 0 spiro atoms. The molecule has 0 atom stereocenters. The molecule has 5 nitrogen and oxygen atoms in total. The second-order valence-corrected chi connectivity index (χ2v) is 6.16. The molecular formula is C17H25FIN3O2. The van der Waals surface area contributed by atoms with E-state index in [1.807, 2.05) is 0 Å². The first kappa shape index (κ1) is 19.2. The van der Waals surface area contributed by atoms with Gasteiger partial charge in [0.15, 0.2) is 12.8 Å². The maximum Gasteiger partial charge on any atom is 0.189 e. The van der Waals surface area contributed by atoms with Crippen molar-refractivity contribution in [3.8, 4) is 5.75 Å². The normalized spacial score (nSPS) is 18.3. The van der Waals surface area contributed by atoms with Crippen molar-refractivity contribution >= 4 is 29.9 Å². The Morgan fingerprint density at radius 2 is 2.08 bits per heavy atom. The SMILES string of the molecule is I.NC(=NCCc1cc(F)cc2c1OCOC2)NC1CCCCC1. The quantitative estimate of drug-likeness (QED) is 0.421. The van der Waals surface area contributed by atoms with Crippen LogP contribution >= 0.6 is 24.0 Å². The molecule has 1 saturated carbocycles. The number of nitrogens with one attached hydrogen (secondary N) is 1. The van der Waals surface area contributed by atoms with E-state index in [-0.39, 0.29) is 36.6 Å². The molecule has 1 heterocycles. The number of nitrogens with zero attached hydrogens (tertiary/aromatic N) is 1. The molecule has 7 heteroatoms. The van der Waals surface area contributed by atoms with Gasteiger partial charge in [-0.2, -0.15) is 0 Å². The van der Waals surface area contributed by atoms with Crippen molar-refractivity contribution in [2.24, 2.45) is 10.7 Å². The first-order chi connectivity index (χ1) is 11.2. The Morgan fingerprint density at radius 3 is 2.88 bits per heavy atom. The van der Waals surface area contributed by atoms with Gasteiger partial charge in [0.25, 0.3) is 0 Å². The molecule has 1 aliphatic carbocycles. The minimum atomic E-state index is -0.273. The molecule has 0 radical (unpaired) electrons. The zero-order chi connectivity index (χ0) is 16.1. The Labute approximate surface area is 159 Å². The van der Waals surface area contributed by atoms with Crippen molar-refractivity contribution in [3.63, 3.8) is 0 Å². The minimum Gasteiger partial charge on any atom is -0.467 e. The number of fused-ring (bicyclic) bond motifs is 1. The Bertz CT molecular complexity index is 577. The van der Waals surface area contributed by atoms with Gasteiger partial charge in [-0.05, 0) is 37.0 Å². The molecule has 134 valence electrons. The zero-order valence-corrected chi connectivity index (χ0v) is 16.1. The van der Waals surface area contributed by atoms with Gasteiger partial charge in [0.1, 0.15) is 11.6 Å². The molecule has 1 aromatic rings. The van der Waals surface area contributed by atoms with Gasteiger partial charge in [0.2, 0.25) is 0 Å². The molecule has 0 unspecified atom stereocenters. The zero-order valence-electron chi connectivity index (χ0n) is 13.7. The van der Waals surface area contributed by atoms with Gasteiger partial charge in [-0.1, -0.05) is 19.3 Å². The van der Waals surface area contributed by atoms with Crippen molar-refractivity contribution in [3.05, 3.63) is 29.1 Å². The van der Waals surface area contributed by atoms with Gasteiger partial charge in [0, 0.05) is 18.2 Å². The van der Waals surface area contributed by atoms with Crippen LogP contribution in [0.4, 0.5) is 4.39 Å². The predicted octanol–water partition coefficient (Wildman–Crippen LogP) is 3.09. The number of hydrogen-bond donors (Lipinski definition) is 2. The van der Waals surface area contributed by atoms with Crippen molar-refractivity contribution in [1.82, 2.24) is 5.32 Å². The predicted molar refractivity (Wildman–Crippen MR) is 102 cm³/mol. The van der Waals surface area contributed by atoms with Crippen molar-refractivity contribution in [2.45, 2.75) is 51.2 Å². The average Bonchev–Trinajstić information content (AvgIpc) is 2.55. The fraction of sp³-hybridized carbons (Fsp3) is 0.588. The smallest absolute Gasteiger partial charge is 0.189 e. The Kier molecular flexibility index (Phi) is 7.54. The number of guanidine groups is 1. The summed E-state index contributed by atoms with van der Waals surface area (Å²) in [7, 11) is 0. The highest BCUT2D eigenvalue weighted by molar-refractivity contribution is 14.0. The van der Waals surface area contributed by atoms with Crippen molar-refractivity contribution in [1.29, 1.82) is 0 Å². The first-order valence-electron chi connectivity index (χ1n) is 8.30. The van der Waals surface area contributed by atoms with Crippen LogP contribution in [0.25, 0.3) is 0 Å². The van der Waals surface area contributed by atoms with Crippen LogP contribution in [0.15, 0.2) is 17.1 Å². The van der Waals surface area contributed by atoms with Crippen molar-refractivity contribution < 1.29 is 13.9 Å². The van der Waals surface area contributed by atoms with Crippen LogP contribution in [0.1, 0.15) is 43.2 Å². The lowest BCUT2D eigenvalue weighted by Crippen LogP contribution is -2.41. The second-order valence-electron chi connectivity index (χ2n) is 6.16. The van der Waals surface area contributed by atoms with E-state index in [2.05, 4.69) is 10.3 Å². The van der Waals surface area contributed by atoms with Crippen LogP contribution in [0.3, 0.4) is 0 Å². The third kappa shape index (κ3) is 5.20. The summed E-state index contributed by atoms with van der Waals surface area (Å²) in [5.74, 6) is 0.934. The fourth-order valence-corrected chi connectivity index (χ4v) is 3.24. The Hall–Kier alpha value is -1.09. The van der Waals surface area contributed by atoms with E-state index >= 15 is 0 Å². The monoisotopic (exact) mass is 449 g/mol. The van der Waals surface area contributed by atoms with Crippen LogP contribution in [0.2, 0.25) is 0 Å². The van der Waals surface area contributed by atoms with Crippen LogP contribution in [-0.4, -0.2) is 25.3 Å². The van der Waals surface area contributed by atoms with Crippen LogP contribution in [0.5, 0.6) is 5.75 Å². The van der Waals surface area contributed by atoms with E-state index in [0.29, 0.717) is 31.6 Å². The van der Waals surface area contributed by atoms with E-state index in [1.54, 1.807) is 0 Å². The molecule has 0 aromatic heterocycles. The first-order valence-corrected chi connectivity index (χ1v) is 8.30. The summed E-state index contributed by atoms with van der Waals surface area (Å²) >= 11 is 0. The number of aliphatic imine (C=N–C) groups is 1. The lowest BCUT2D eigenvalue weighted by Gasteiger charge is -2.23. The maximum absolute atomic E-state index is 13.7. The molecule has 3 N–H and O–H groups in total. The standard InChI is InChI=1S/C17H24FN3O2.HI/c18-14-8-12(16-13(9-14)10-22-11-23-16)6-7-20-17(19)21-15-4-2-1-3-5-15;/h8-9,15H,1-7,10-11H2,(H3,19,20,21);1H. The summed E-state index contributed by atoms with van der Waals surface area (Å²) in [4.78, 5) is 4.37. The number of halogens is 2. The summed E-state index contributed by atoms with van der Waals surface area (Å²) in [5.41, 5.74) is 7.52. The summed E-state index contributed by atoms with van der Waals surface area (Å²) in [6.45, 7) is 1.10. The van der Waals surface area contributed by atoms with E-state index in [1.165, 1.54) is 31.4 Å². The third-order valence-corrected chi connectivity index (χ3v) is 4.37. The third-order valence-electron chi connectivity index (χ3n) is 4.37. The van der Waals surface area contributed by atoms with Gasteiger partial charge in [-0.3, -0.25) is 4.99 Å². The fourth-order valence-electron chi connectivity index (χ4n) is 3.24. The summed E-state index contributed by atoms with van der Waals surface area (Å²) in [6.07, 6.45) is 6.71. The van der Waals surface area contributed by atoms with Gasteiger partial charge >= 0.3 is 0 Å². The van der Waals surface area contributed by atoms with E-state index in [9.17, 15) is 4.39 Å². The molecule has 0 amide bonds. The van der Waals surface area contributed by atoms with E-state index in [4.69, 9.17) is 15.2 Å². The molecule has 1 fully saturated rings. The van der Waals surface area contributed by atoms with Gasteiger partial charge in [0.05, 0.1) is 6.61 Å². The van der Waals surface area contributed by atoms with Gasteiger partial charge in [-0.15, -0.1) is 24.0 Å². The number of nitrogens with two attached hydrogens (primary N) is 1. The molecule has 0 bridgehead atoms. The summed E-state index contributed by atoms with van der Waals surface area (Å²) in [6, 6.07) is 3.40. The van der Waals surface area contributed by atoms with Gasteiger partial charge in [-0.25, -0.2) is 4.39 Å². The van der Waals surface area contributed by atoms with E-state index in [0.717, 1.165) is 29.7 Å². The van der Waals surface area contributed by atoms with Crippen LogP contribution in [0, 0.1) is 5.82 Å². The Morgan fingerprint density at radius 1 is 1.29 bits per heavy atom. The maximum atomic E-state index is 13.7.